The predicted molar refractivity (Wildman–Crippen MR) is 68.0 cm³/mol. The van der Waals surface area contributed by atoms with Crippen molar-refractivity contribution < 1.29 is 18.0 Å². The van der Waals surface area contributed by atoms with Gasteiger partial charge in [0.25, 0.3) is 5.91 Å². The SMILES string of the molecule is O=C(Nc1ccc(F)c(F)c1F)c1cccc(S)c1. The number of hydrogen-bond acceptors (Lipinski definition) is 2. The van der Waals surface area contributed by atoms with E-state index in [1.54, 1.807) is 12.1 Å². The van der Waals surface area contributed by atoms with Crippen LogP contribution in [0, 0.1) is 17.5 Å². The Morgan fingerprint density at radius 3 is 2.47 bits per heavy atom. The minimum absolute atomic E-state index is 0.233. The molecule has 0 heterocycles. The standard InChI is InChI=1S/C13H8F3NOS/c14-9-4-5-10(12(16)11(9)15)17-13(18)7-2-1-3-8(19)6-7/h1-6,19H,(H,17,18). The molecule has 0 radical (unpaired) electrons. The van der Waals surface area contributed by atoms with Crippen LogP contribution in [0.4, 0.5) is 18.9 Å². The molecule has 19 heavy (non-hydrogen) atoms. The van der Waals surface area contributed by atoms with Crippen LogP contribution < -0.4 is 5.32 Å². The summed E-state index contributed by atoms with van der Waals surface area (Å²) in [5, 5.41) is 2.17. The molecular formula is C13H8F3NOS. The Morgan fingerprint density at radius 1 is 1.05 bits per heavy atom. The lowest BCUT2D eigenvalue weighted by Crippen LogP contribution is -2.13. The van der Waals surface area contributed by atoms with Gasteiger partial charge in [-0.3, -0.25) is 4.79 Å². The van der Waals surface area contributed by atoms with Crippen LogP contribution in [0.25, 0.3) is 0 Å². The summed E-state index contributed by atoms with van der Waals surface area (Å²) in [7, 11) is 0. The topological polar surface area (TPSA) is 29.1 Å². The third-order valence-corrected chi connectivity index (χ3v) is 2.67. The summed E-state index contributed by atoms with van der Waals surface area (Å²) >= 11 is 4.06. The zero-order valence-electron chi connectivity index (χ0n) is 9.45. The van der Waals surface area contributed by atoms with Crippen molar-refractivity contribution in [2.24, 2.45) is 0 Å². The molecule has 0 aliphatic heterocycles. The van der Waals surface area contributed by atoms with Gasteiger partial charge in [-0.15, -0.1) is 12.6 Å². The number of anilines is 1. The third kappa shape index (κ3) is 2.90. The zero-order chi connectivity index (χ0) is 14.0. The molecule has 0 fully saturated rings. The fourth-order valence-electron chi connectivity index (χ4n) is 1.46. The molecule has 1 N–H and O–H groups in total. The molecule has 2 aromatic rings. The second-order valence-corrected chi connectivity index (χ2v) is 4.24. The van der Waals surface area contributed by atoms with E-state index in [9.17, 15) is 18.0 Å². The lowest BCUT2D eigenvalue weighted by molar-refractivity contribution is 0.102. The van der Waals surface area contributed by atoms with Crippen molar-refractivity contribution in [1.29, 1.82) is 0 Å². The van der Waals surface area contributed by atoms with Gasteiger partial charge in [-0.05, 0) is 30.3 Å². The largest absolute Gasteiger partial charge is 0.319 e. The quantitative estimate of drug-likeness (QED) is 0.639. The van der Waals surface area contributed by atoms with Crippen LogP contribution in [0.1, 0.15) is 10.4 Å². The summed E-state index contributed by atoms with van der Waals surface area (Å²) in [6, 6.07) is 7.92. The number of carbonyl (C=O) groups excluding carboxylic acids is 1. The predicted octanol–water partition coefficient (Wildman–Crippen LogP) is 3.64. The van der Waals surface area contributed by atoms with E-state index in [4.69, 9.17) is 0 Å². The molecular weight excluding hydrogens is 275 g/mol. The summed E-state index contributed by atoms with van der Waals surface area (Å²) in [6.45, 7) is 0. The number of amides is 1. The van der Waals surface area contributed by atoms with Crippen LogP contribution in [0.3, 0.4) is 0 Å². The molecule has 6 heteroatoms. The molecule has 0 bridgehead atoms. The van der Waals surface area contributed by atoms with Crippen molar-refractivity contribution in [3.05, 3.63) is 59.4 Å². The van der Waals surface area contributed by atoms with Crippen molar-refractivity contribution in [2.75, 3.05) is 5.32 Å². The Balaban J connectivity index is 2.27. The maximum absolute atomic E-state index is 13.4. The van der Waals surface area contributed by atoms with Gasteiger partial charge >= 0.3 is 0 Å². The Bertz CT molecular complexity index is 646. The Labute approximate surface area is 112 Å². The molecule has 0 spiro atoms. The smallest absolute Gasteiger partial charge is 0.255 e. The average Bonchev–Trinajstić information content (AvgIpc) is 2.39. The number of carbonyl (C=O) groups is 1. The highest BCUT2D eigenvalue weighted by Gasteiger charge is 2.15. The summed E-state index contributed by atoms with van der Waals surface area (Å²) < 4.78 is 39.1. The van der Waals surface area contributed by atoms with E-state index < -0.39 is 29.0 Å². The van der Waals surface area contributed by atoms with Crippen molar-refractivity contribution in [1.82, 2.24) is 0 Å². The second-order valence-electron chi connectivity index (χ2n) is 3.73. The van der Waals surface area contributed by atoms with Gasteiger partial charge in [0.05, 0.1) is 5.69 Å². The first-order valence-electron chi connectivity index (χ1n) is 5.23. The highest BCUT2D eigenvalue weighted by Crippen LogP contribution is 2.20. The lowest BCUT2D eigenvalue weighted by Gasteiger charge is -2.07. The molecule has 2 aromatic carbocycles. The Kier molecular flexibility index (Phi) is 3.80. The van der Waals surface area contributed by atoms with Crippen molar-refractivity contribution in [2.45, 2.75) is 4.90 Å². The monoisotopic (exact) mass is 283 g/mol. The molecule has 2 rings (SSSR count). The molecule has 0 unspecified atom stereocenters. The summed E-state index contributed by atoms with van der Waals surface area (Å²) in [5.74, 6) is -5.01. The molecule has 0 saturated heterocycles. The third-order valence-electron chi connectivity index (χ3n) is 2.39. The Morgan fingerprint density at radius 2 is 1.79 bits per heavy atom. The van der Waals surface area contributed by atoms with Crippen LogP contribution in [0.5, 0.6) is 0 Å². The molecule has 1 amide bonds. The normalized spacial score (nSPS) is 10.3. The Hall–Kier alpha value is -1.95. The van der Waals surface area contributed by atoms with Crippen LogP contribution in [0.15, 0.2) is 41.3 Å². The van der Waals surface area contributed by atoms with E-state index in [1.807, 2.05) is 0 Å². The number of hydrogen-bond donors (Lipinski definition) is 2. The second kappa shape index (κ2) is 5.36. The van der Waals surface area contributed by atoms with Gasteiger partial charge in [0, 0.05) is 10.5 Å². The molecule has 98 valence electrons. The van der Waals surface area contributed by atoms with E-state index in [2.05, 4.69) is 17.9 Å². The summed E-state index contributed by atoms with van der Waals surface area (Å²) in [4.78, 5) is 12.3. The van der Waals surface area contributed by atoms with Gasteiger partial charge < -0.3 is 5.32 Å². The first kappa shape index (κ1) is 13.5. The number of thiol groups is 1. The van der Waals surface area contributed by atoms with Gasteiger partial charge in [0.15, 0.2) is 17.5 Å². The maximum Gasteiger partial charge on any atom is 0.255 e. The molecule has 0 aromatic heterocycles. The van der Waals surface area contributed by atoms with Gasteiger partial charge in [-0.2, -0.15) is 0 Å². The van der Waals surface area contributed by atoms with Gasteiger partial charge in [-0.25, -0.2) is 13.2 Å². The van der Waals surface area contributed by atoms with E-state index in [1.165, 1.54) is 12.1 Å². The molecule has 0 saturated carbocycles. The van der Waals surface area contributed by atoms with Crippen LogP contribution in [-0.2, 0) is 0 Å². The van der Waals surface area contributed by atoms with Gasteiger partial charge in [0.2, 0.25) is 0 Å². The molecule has 2 nitrogen and oxygen atoms in total. The number of benzene rings is 2. The van der Waals surface area contributed by atoms with Crippen LogP contribution in [-0.4, -0.2) is 5.91 Å². The number of rotatable bonds is 2. The van der Waals surface area contributed by atoms with Gasteiger partial charge in [-0.1, -0.05) is 6.07 Å². The lowest BCUT2D eigenvalue weighted by atomic mass is 10.2. The minimum Gasteiger partial charge on any atom is -0.319 e. The minimum atomic E-state index is -1.62. The van der Waals surface area contributed by atoms with Gasteiger partial charge in [0.1, 0.15) is 0 Å². The first-order valence-corrected chi connectivity index (χ1v) is 5.67. The zero-order valence-corrected chi connectivity index (χ0v) is 10.3. The van der Waals surface area contributed by atoms with E-state index in [0.29, 0.717) is 4.90 Å². The van der Waals surface area contributed by atoms with Crippen LogP contribution >= 0.6 is 12.6 Å². The van der Waals surface area contributed by atoms with E-state index in [-0.39, 0.29) is 5.56 Å². The number of nitrogens with one attached hydrogen (secondary N) is 1. The van der Waals surface area contributed by atoms with Crippen molar-refractivity contribution in [3.63, 3.8) is 0 Å². The first-order chi connectivity index (χ1) is 8.99. The summed E-state index contributed by atoms with van der Waals surface area (Å²) in [5.41, 5.74) is -0.190. The number of halogens is 3. The fourth-order valence-corrected chi connectivity index (χ4v) is 1.69. The van der Waals surface area contributed by atoms with Crippen LogP contribution in [0.2, 0.25) is 0 Å². The van der Waals surface area contributed by atoms with E-state index >= 15 is 0 Å². The molecule has 0 atom stereocenters. The average molecular weight is 283 g/mol. The van der Waals surface area contributed by atoms with Crippen molar-refractivity contribution >= 4 is 24.2 Å². The van der Waals surface area contributed by atoms with E-state index in [0.717, 1.165) is 12.1 Å². The highest BCUT2D eigenvalue weighted by molar-refractivity contribution is 7.80. The van der Waals surface area contributed by atoms with Crippen molar-refractivity contribution in [3.8, 4) is 0 Å². The highest BCUT2D eigenvalue weighted by atomic mass is 32.1. The maximum atomic E-state index is 13.4. The fraction of sp³-hybridized carbons (Fsp3) is 0. The molecule has 0 aliphatic rings. The summed E-state index contributed by atoms with van der Waals surface area (Å²) in [6.07, 6.45) is 0. The molecule has 0 aliphatic carbocycles.